The number of nitrogens with zero attached hydrogens (tertiary/aromatic N) is 1. The maximum atomic E-state index is 11.3. The molecule has 2 rings (SSSR count). The average Bonchev–Trinajstić information content (AvgIpc) is 2.44. The number of fused-ring (bicyclic) bond motifs is 1. The highest BCUT2D eigenvalue weighted by atomic mass is 32.1. The standard InChI is InChI=1S/C9H12N2OS/c1-7(12)11-5-2-4-10-9-8(11)3-6-13-9/h3,6,10H,2,4-5H2,1H3. The van der Waals surface area contributed by atoms with Gasteiger partial charge in [0.15, 0.2) is 0 Å². The zero-order valence-corrected chi connectivity index (χ0v) is 8.36. The molecule has 70 valence electrons. The molecular weight excluding hydrogens is 184 g/mol. The number of carbonyl (C=O) groups is 1. The molecule has 0 fully saturated rings. The molecule has 0 saturated heterocycles. The van der Waals surface area contributed by atoms with Crippen LogP contribution in [0.2, 0.25) is 0 Å². The van der Waals surface area contributed by atoms with Gasteiger partial charge in [-0.15, -0.1) is 11.3 Å². The summed E-state index contributed by atoms with van der Waals surface area (Å²) in [6.07, 6.45) is 1.01. The van der Waals surface area contributed by atoms with Gasteiger partial charge in [0, 0.05) is 20.0 Å². The molecule has 0 aromatic carbocycles. The van der Waals surface area contributed by atoms with Crippen molar-refractivity contribution in [2.75, 3.05) is 23.3 Å². The molecule has 0 radical (unpaired) electrons. The van der Waals surface area contributed by atoms with E-state index in [4.69, 9.17) is 0 Å². The molecule has 1 aromatic rings. The van der Waals surface area contributed by atoms with Crippen LogP contribution >= 0.6 is 11.3 Å². The molecule has 1 aliphatic heterocycles. The molecule has 0 spiro atoms. The number of nitrogens with one attached hydrogen (secondary N) is 1. The summed E-state index contributed by atoms with van der Waals surface area (Å²) < 4.78 is 0. The number of hydrogen-bond acceptors (Lipinski definition) is 3. The topological polar surface area (TPSA) is 32.3 Å². The van der Waals surface area contributed by atoms with Crippen molar-refractivity contribution in [3.05, 3.63) is 11.4 Å². The van der Waals surface area contributed by atoms with Crippen molar-refractivity contribution in [3.63, 3.8) is 0 Å². The van der Waals surface area contributed by atoms with Crippen LogP contribution in [0, 0.1) is 0 Å². The Bertz CT molecular complexity index is 321. The molecule has 1 N–H and O–H groups in total. The van der Waals surface area contributed by atoms with E-state index in [1.807, 2.05) is 16.3 Å². The van der Waals surface area contributed by atoms with E-state index in [0.717, 1.165) is 30.2 Å². The zero-order valence-electron chi connectivity index (χ0n) is 7.54. The first kappa shape index (κ1) is 8.56. The number of thiophene rings is 1. The van der Waals surface area contributed by atoms with Gasteiger partial charge in [-0.1, -0.05) is 0 Å². The largest absolute Gasteiger partial charge is 0.375 e. The third kappa shape index (κ3) is 1.54. The van der Waals surface area contributed by atoms with Crippen LogP contribution in [0.4, 0.5) is 10.7 Å². The second kappa shape index (κ2) is 3.38. The number of amides is 1. The molecule has 0 unspecified atom stereocenters. The zero-order chi connectivity index (χ0) is 9.26. The summed E-state index contributed by atoms with van der Waals surface area (Å²) in [5.74, 6) is 0.128. The van der Waals surface area contributed by atoms with Gasteiger partial charge in [0.25, 0.3) is 0 Å². The number of hydrogen-bond donors (Lipinski definition) is 1. The molecule has 0 bridgehead atoms. The maximum absolute atomic E-state index is 11.3. The van der Waals surface area contributed by atoms with E-state index < -0.39 is 0 Å². The Labute approximate surface area is 81.4 Å². The van der Waals surface area contributed by atoms with E-state index in [9.17, 15) is 4.79 Å². The summed E-state index contributed by atoms with van der Waals surface area (Å²) in [4.78, 5) is 13.2. The number of rotatable bonds is 0. The van der Waals surface area contributed by atoms with Gasteiger partial charge in [-0.25, -0.2) is 0 Å². The fraction of sp³-hybridized carbons (Fsp3) is 0.444. The van der Waals surface area contributed by atoms with E-state index in [0.29, 0.717) is 0 Å². The predicted molar refractivity (Wildman–Crippen MR) is 55.5 cm³/mol. The van der Waals surface area contributed by atoms with E-state index >= 15 is 0 Å². The highest BCUT2D eigenvalue weighted by Crippen LogP contribution is 2.33. The third-order valence-corrected chi connectivity index (χ3v) is 3.02. The molecular formula is C9H12N2OS. The van der Waals surface area contributed by atoms with Crippen molar-refractivity contribution in [2.45, 2.75) is 13.3 Å². The Balaban J connectivity index is 2.36. The van der Waals surface area contributed by atoms with Crippen LogP contribution < -0.4 is 10.2 Å². The summed E-state index contributed by atoms with van der Waals surface area (Å²) in [7, 11) is 0. The first-order valence-corrected chi connectivity index (χ1v) is 5.26. The highest BCUT2D eigenvalue weighted by molar-refractivity contribution is 7.14. The van der Waals surface area contributed by atoms with Gasteiger partial charge in [0.05, 0.1) is 5.69 Å². The molecule has 0 atom stereocenters. The Morgan fingerprint density at radius 1 is 1.69 bits per heavy atom. The van der Waals surface area contributed by atoms with Crippen molar-refractivity contribution >= 4 is 27.9 Å². The van der Waals surface area contributed by atoms with E-state index in [1.54, 1.807) is 18.3 Å². The summed E-state index contributed by atoms with van der Waals surface area (Å²) in [5, 5.41) is 6.45. The maximum Gasteiger partial charge on any atom is 0.223 e. The van der Waals surface area contributed by atoms with Crippen molar-refractivity contribution in [3.8, 4) is 0 Å². The second-order valence-electron chi connectivity index (χ2n) is 3.09. The first-order valence-electron chi connectivity index (χ1n) is 4.38. The quantitative estimate of drug-likeness (QED) is 0.687. The smallest absolute Gasteiger partial charge is 0.223 e. The van der Waals surface area contributed by atoms with Crippen LogP contribution in [0.25, 0.3) is 0 Å². The first-order chi connectivity index (χ1) is 6.29. The molecule has 1 aromatic heterocycles. The predicted octanol–water partition coefficient (Wildman–Crippen LogP) is 1.92. The van der Waals surface area contributed by atoms with Gasteiger partial charge in [-0.05, 0) is 17.9 Å². The average molecular weight is 196 g/mol. The van der Waals surface area contributed by atoms with Crippen LogP contribution in [-0.2, 0) is 4.79 Å². The molecule has 1 amide bonds. The van der Waals surface area contributed by atoms with Gasteiger partial charge in [0.2, 0.25) is 5.91 Å². The van der Waals surface area contributed by atoms with Crippen molar-refractivity contribution < 1.29 is 4.79 Å². The van der Waals surface area contributed by atoms with Gasteiger partial charge < -0.3 is 10.2 Å². The normalized spacial score (nSPS) is 15.9. The minimum atomic E-state index is 0.128. The Kier molecular flexibility index (Phi) is 2.22. The number of carbonyl (C=O) groups excluding carboxylic acids is 1. The third-order valence-electron chi connectivity index (χ3n) is 2.16. The van der Waals surface area contributed by atoms with Crippen molar-refractivity contribution in [1.29, 1.82) is 0 Å². The van der Waals surface area contributed by atoms with Gasteiger partial charge in [-0.2, -0.15) is 0 Å². The lowest BCUT2D eigenvalue weighted by Gasteiger charge is -2.17. The molecule has 2 heterocycles. The minimum Gasteiger partial charge on any atom is -0.375 e. The van der Waals surface area contributed by atoms with Crippen LogP contribution in [0.15, 0.2) is 11.4 Å². The van der Waals surface area contributed by atoms with E-state index in [-0.39, 0.29) is 5.91 Å². The van der Waals surface area contributed by atoms with Gasteiger partial charge in [-0.3, -0.25) is 4.79 Å². The lowest BCUT2D eigenvalue weighted by molar-refractivity contribution is -0.116. The summed E-state index contributed by atoms with van der Waals surface area (Å²) >= 11 is 1.65. The fourth-order valence-corrected chi connectivity index (χ4v) is 2.35. The van der Waals surface area contributed by atoms with Crippen LogP contribution in [0.3, 0.4) is 0 Å². The van der Waals surface area contributed by atoms with Crippen molar-refractivity contribution in [1.82, 2.24) is 0 Å². The lowest BCUT2D eigenvalue weighted by atomic mass is 10.3. The van der Waals surface area contributed by atoms with E-state index in [1.165, 1.54) is 0 Å². The molecule has 13 heavy (non-hydrogen) atoms. The van der Waals surface area contributed by atoms with Crippen molar-refractivity contribution in [2.24, 2.45) is 0 Å². The van der Waals surface area contributed by atoms with Gasteiger partial charge >= 0.3 is 0 Å². The fourth-order valence-electron chi connectivity index (χ4n) is 1.53. The van der Waals surface area contributed by atoms with Gasteiger partial charge in [0.1, 0.15) is 5.00 Å². The Hall–Kier alpha value is -1.03. The Morgan fingerprint density at radius 3 is 3.31 bits per heavy atom. The van der Waals surface area contributed by atoms with Crippen LogP contribution in [0.1, 0.15) is 13.3 Å². The molecule has 3 nitrogen and oxygen atoms in total. The lowest BCUT2D eigenvalue weighted by Crippen LogP contribution is -2.28. The SMILES string of the molecule is CC(=O)N1CCCNc2sccc21. The summed E-state index contributed by atoms with van der Waals surface area (Å²) in [6, 6.07) is 2.00. The summed E-state index contributed by atoms with van der Waals surface area (Å²) in [5.41, 5.74) is 1.04. The minimum absolute atomic E-state index is 0.128. The molecule has 1 aliphatic rings. The van der Waals surface area contributed by atoms with Crippen LogP contribution in [0.5, 0.6) is 0 Å². The molecule has 0 saturated carbocycles. The Morgan fingerprint density at radius 2 is 2.54 bits per heavy atom. The highest BCUT2D eigenvalue weighted by Gasteiger charge is 2.18. The summed E-state index contributed by atoms with van der Waals surface area (Å²) in [6.45, 7) is 3.40. The van der Waals surface area contributed by atoms with Crippen LogP contribution in [-0.4, -0.2) is 19.0 Å². The molecule has 0 aliphatic carbocycles. The molecule has 4 heteroatoms. The monoisotopic (exact) mass is 196 g/mol. The van der Waals surface area contributed by atoms with E-state index in [2.05, 4.69) is 5.32 Å². The second-order valence-corrected chi connectivity index (χ2v) is 4.00. The number of anilines is 2.